The molecule has 3 nitrogen and oxygen atoms in total. The Bertz CT molecular complexity index is 357. The van der Waals surface area contributed by atoms with Crippen LogP contribution in [-0.4, -0.2) is 18.8 Å². The van der Waals surface area contributed by atoms with Crippen LogP contribution < -0.4 is 5.73 Å². The van der Waals surface area contributed by atoms with E-state index < -0.39 is 0 Å². The standard InChI is InChI=1S/C10H12ClNO2S/c1-14-10(13)4-5-15-9-6-7(11)2-3-8(9)12/h2-3,6H,4-5,12H2,1H3. The molecule has 2 N–H and O–H groups in total. The molecular formula is C10H12ClNO2S. The number of nitrogens with two attached hydrogens (primary N) is 1. The van der Waals surface area contributed by atoms with Gasteiger partial charge in [-0.25, -0.2) is 0 Å². The largest absolute Gasteiger partial charge is 0.469 e. The van der Waals surface area contributed by atoms with Crippen molar-refractivity contribution in [3.05, 3.63) is 23.2 Å². The first-order valence-electron chi connectivity index (χ1n) is 4.38. The average Bonchev–Trinajstić information content (AvgIpc) is 2.23. The molecule has 15 heavy (non-hydrogen) atoms. The molecule has 0 spiro atoms. The zero-order valence-electron chi connectivity index (χ0n) is 8.33. The number of benzene rings is 1. The highest BCUT2D eigenvalue weighted by molar-refractivity contribution is 7.99. The summed E-state index contributed by atoms with van der Waals surface area (Å²) < 4.78 is 4.53. The normalized spacial score (nSPS) is 10.0. The second kappa shape index (κ2) is 5.88. The molecule has 0 atom stereocenters. The fourth-order valence-electron chi connectivity index (χ4n) is 0.980. The molecule has 0 amide bonds. The van der Waals surface area contributed by atoms with E-state index in [4.69, 9.17) is 17.3 Å². The second-order valence-electron chi connectivity index (χ2n) is 2.86. The van der Waals surface area contributed by atoms with Gasteiger partial charge in [0.2, 0.25) is 0 Å². The van der Waals surface area contributed by atoms with E-state index in [9.17, 15) is 4.79 Å². The maximum absolute atomic E-state index is 10.9. The summed E-state index contributed by atoms with van der Waals surface area (Å²) in [6.45, 7) is 0. The Morgan fingerprint density at radius 3 is 3.00 bits per heavy atom. The molecular weight excluding hydrogens is 234 g/mol. The number of carbonyl (C=O) groups excluding carboxylic acids is 1. The van der Waals surface area contributed by atoms with Crippen molar-refractivity contribution in [2.75, 3.05) is 18.6 Å². The molecule has 0 radical (unpaired) electrons. The predicted octanol–water partition coefficient (Wildman–Crippen LogP) is 2.58. The number of nitrogen functional groups attached to an aromatic ring is 1. The van der Waals surface area contributed by atoms with E-state index >= 15 is 0 Å². The minimum absolute atomic E-state index is 0.219. The summed E-state index contributed by atoms with van der Waals surface area (Å²) in [7, 11) is 1.38. The Labute approximate surface area is 97.9 Å². The maximum Gasteiger partial charge on any atom is 0.306 e. The number of carbonyl (C=O) groups is 1. The van der Waals surface area contributed by atoms with Gasteiger partial charge in [-0.2, -0.15) is 0 Å². The van der Waals surface area contributed by atoms with Gasteiger partial charge >= 0.3 is 5.97 Å². The van der Waals surface area contributed by atoms with Gasteiger partial charge in [-0.15, -0.1) is 11.8 Å². The number of hydrogen-bond acceptors (Lipinski definition) is 4. The summed E-state index contributed by atoms with van der Waals surface area (Å²) in [4.78, 5) is 11.8. The Kier molecular flexibility index (Phi) is 4.78. The number of hydrogen-bond donors (Lipinski definition) is 1. The molecule has 0 saturated carbocycles. The molecule has 0 saturated heterocycles. The van der Waals surface area contributed by atoms with Crippen LogP contribution in [0.1, 0.15) is 6.42 Å². The van der Waals surface area contributed by atoms with Crippen molar-refractivity contribution < 1.29 is 9.53 Å². The van der Waals surface area contributed by atoms with E-state index in [0.29, 0.717) is 22.9 Å². The molecule has 1 aromatic carbocycles. The summed E-state index contributed by atoms with van der Waals surface area (Å²) in [5, 5.41) is 0.643. The van der Waals surface area contributed by atoms with Gasteiger partial charge in [0.25, 0.3) is 0 Å². The van der Waals surface area contributed by atoms with Crippen LogP contribution in [-0.2, 0) is 9.53 Å². The number of methoxy groups -OCH3 is 1. The van der Waals surface area contributed by atoms with E-state index in [2.05, 4.69) is 4.74 Å². The number of ether oxygens (including phenoxy) is 1. The van der Waals surface area contributed by atoms with Crippen LogP contribution >= 0.6 is 23.4 Å². The van der Waals surface area contributed by atoms with Crippen LogP contribution in [0.15, 0.2) is 23.1 Å². The Hall–Kier alpha value is -0.870. The fraction of sp³-hybridized carbons (Fsp3) is 0.300. The van der Waals surface area contributed by atoms with Crippen LogP contribution in [0.2, 0.25) is 5.02 Å². The lowest BCUT2D eigenvalue weighted by molar-refractivity contribution is -0.140. The quantitative estimate of drug-likeness (QED) is 0.503. The van der Waals surface area contributed by atoms with E-state index in [1.165, 1.54) is 18.9 Å². The van der Waals surface area contributed by atoms with Gasteiger partial charge in [0.05, 0.1) is 13.5 Å². The van der Waals surface area contributed by atoms with Crippen molar-refractivity contribution >= 4 is 35.0 Å². The first kappa shape index (κ1) is 12.2. The monoisotopic (exact) mass is 245 g/mol. The highest BCUT2D eigenvalue weighted by atomic mass is 35.5. The number of anilines is 1. The highest BCUT2D eigenvalue weighted by Gasteiger charge is 2.04. The molecule has 0 aliphatic heterocycles. The lowest BCUT2D eigenvalue weighted by atomic mass is 10.3. The van der Waals surface area contributed by atoms with Gasteiger partial charge < -0.3 is 10.5 Å². The number of thioether (sulfide) groups is 1. The zero-order valence-corrected chi connectivity index (χ0v) is 9.90. The SMILES string of the molecule is COC(=O)CCSc1cc(Cl)ccc1N. The van der Waals surface area contributed by atoms with E-state index in [1.807, 2.05) is 0 Å². The van der Waals surface area contributed by atoms with Gasteiger partial charge in [0.15, 0.2) is 0 Å². The molecule has 0 fully saturated rings. The van der Waals surface area contributed by atoms with Gasteiger partial charge in [0.1, 0.15) is 0 Å². The van der Waals surface area contributed by atoms with Gasteiger partial charge in [0, 0.05) is 21.4 Å². The molecule has 5 heteroatoms. The lowest BCUT2D eigenvalue weighted by Crippen LogP contribution is -2.01. The molecule has 0 heterocycles. The third-order valence-corrected chi connectivity index (χ3v) is 3.07. The molecule has 0 bridgehead atoms. The van der Waals surface area contributed by atoms with E-state index in [1.54, 1.807) is 18.2 Å². The summed E-state index contributed by atoms with van der Waals surface area (Å²) >= 11 is 7.32. The van der Waals surface area contributed by atoms with Crippen LogP contribution in [0, 0.1) is 0 Å². The summed E-state index contributed by atoms with van der Waals surface area (Å²) in [6, 6.07) is 5.28. The van der Waals surface area contributed by atoms with Crippen molar-refractivity contribution in [2.45, 2.75) is 11.3 Å². The van der Waals surface area contributed by atoms with Crippen molar-refractivity contribution in [1.29, 1.82) is 0 Å². The highest BCUT2D eigenvalue weighted by Crippen LogP contribution is 2.28. The van der Waals surface area contributed by atoms with Crippen LogP contribution in [0.5, 0.6) is 0 Å². The molecule has 0 aliphatic carbocycles. The smallest absolute Gasteiger partial charge is 0.306 e. The van der Waals surface area contributed by atoms with Crippen LogP contribution in [0.4, 0.5) is 5.69 Å². The van der Waals surface area contributed by atoms with Crippen LogP contribution in [0.3, 0.4) is 0 Å². The number of rotatable bonds is 4. The molecule has 0 unspecified atom stereocenters. The third kappa shape index (κ3) is 4.01. The van der Waals surface area contributed by atoms with E-state index in [-0.39, 0.29) is 5.97 Å². The van der Waals surface area contributed by atoms with Crippen molar-refractivity contribution in [1.82, 2.24) is 0 Å². The summed E-state index contributed by atoms with van der Waals surface area (Å²) in [5.74, 6) is 0.417. The number of esters is 1. The summed E-state index contributed by atoms with van der Waals surface area (Å²) in [6.07, 6.45) is 0.368. The van der Waals surface area contributed by atoms with Crippen molar-refractivity contribution in [3.8, 4) is 0 Å². The molecule has 1 aromatic rings. The van der Waals surface area contributed by atoms with Gasteiger partial charge in [-0.3, -0.25) is 4.79 Å². The van der Waals surface area contributed by atoms with Crippen LogP contribution in [0.25, 0.3) is 0 Å². The Morgan fingerprint density at radius 2 is 2.33 bits per heavy atom. The maximum atomic E-state index is 10.9. The van der Waals surface area contributed by atoms with Crippen molar-refractivity contribution in [3.63, 3.8) is 0 Å². The third-order valence-electron chi connectivity index (χ3n) is 1.77. The molecule has 0 aromatic heterocycles. The average molecular weight is 246 g/mol. The van der Waals surface area contributed by atoms with Gasteiger partial charge in [-0.1, -0.05) is 11.6 Å². The molecule has 82 valence electrons. The van der Waals surface area contributed by atoms with E-state index in [0.717, 1.165) is 4.90 Å². The predicted molar refractivity (Wildman–Crippen MR) is 63.2 cm³/mol. The fourth-order valence-corrected chi connectivity index (χ4v) is 2.15. The first-order valence-corrected chi connectivity index (χ1v) is 5.74. The van der Waals surface area contributed by atoms with Crippen molar-refractivity contribution in [2.24, 2.45) is 0 Å². The minimum atomic E-state index is -0.219. The topological polar surface area (TPSA) is 52.3 Å². The van der Waals surface area contributed by atoms with Gasteiger partial charge in [-0.05, 0) is 18.2 Å². The minimum Gasteiger partial charge on any atom is -0.469 e. The Balaban J connectivity index is 2.50. The molecule has 1 rings (SSSR count). The second-order valence-corrected chi connectivity index (χ2v) is 4.43. The summed E-state index contributed by atoms with van der Waals surface area (Å²) in [5.41, 5.74) is 6.42. The first-order chi connectivity index (χ1) is 7.13. The molecule has 0 aliphatic rings. The Morgan fingerprint density at radius 1 is 1.60 bits per heavy atom. The number of halogens is 1. The zero-order chi connectivity index (χ0) is 11.3. The lowest BCUT2D eigenvalue weighted by Gasteiger charge is -2.05.